The van der Waals surface area contributed by atoms with E-state index in [0.717, 1.165) is 10.6 Å². The van der Waals surface area contributed by atoms with Gasteiger partial charge in [0.05, 0.1) is 0 Å². The van der Waals surface area contributed by atoms with E-state index in [1.54, 1.807) is 6.92 Å². The molecule has 0 fully saturated rings. The Morgan fingerprint density at radius 1 is 1.30 bits per heavy atom. The first-order chi connectivity index (χ1) is 9.49. The van der Waals surface area contributed by atoms with Crippen molar-refractivity contribution in [2.24, 2.45) is 11.7 Å². The minimum Gasteiger partial charge on any atom is -0.330 e. The molecule has 1 aromatic heterocycles. The van der Waals surface area contributed by atoms with E-state index < -0.39 is 0 Å². The van der Waals surface area contributed by atoms with Crippen molar-refractivity contribution in [3.63, 3.8) is 0 Å². The van der Waals surface area contributed by atoms with E-state index in [1.807, 2.05) is 13.8 Å². The van der Waals surface area contributed by atoms with Gasteiger partial charge in [-0.3, -0.25) is 4.79 Å². The second-order valence-corrected chi connectivity index (χ2v) is 5.89. The van der Waals surface area contributed by atoms with E-state index in [4.69, 9.17) is 5.73 Å². The molecule has 106 valence electrons. The van der Waals surface area contributed by atoms with Crippen molar-refractivity contribution in [2.75, 3.05) is 11.9 Å². The molecule has 0 saturated carbocycles. The molecule has 5 nitrogen and oxygen atoms in total. The fraction of sp³-hybridized carbons (Fsp3) is 0.357. The Bertz CT molecular complexity index is 603. The maximum Gasteiger partial charge on any atom is 0.230 e. The molecule has 1 heterocycles. The zero-order valence-electron chi connectivity index (χ0n) is 11.8. The van der Waals surface area contributed by atoms with E-state index >= 15 is 0 Å². The Morgan fingerprint density at radius 2 is 1.95 bits per heavy atom. The van der Waals surface area contributed by atoms with Crippen molar-refractivity contribution in [1.82, 2.24) is 10.2 Å². The summed E-state index contributed by atoms with van der Waals surface area (Å²) in [6.45, 7) is 6.18. The largest absolute Gasteiger partial charge is 0.330 e. The van der Waals surface area contributed by atoms with E-state index in [0.29, 0.717) is 11.7 Å². The summed E-state index contributed by atoms with van der Waals surface area (Å²) in [6, 6.07) is 6.22. The van der Waals surface area contributed by atoms with Crippen LogP contribution in [0.4, 0.5) is 5.13 Å². The summed E-state index contributed by atoms with van der Waals surface area (Å²) < 4.78 is 0. The number of benzene rings is 1. The van der Waals surface area contributed by atoms with Gasteiger partial charge in [0.2, 0.25) is 11.0 Å². The summed E-state index contributed by atoms with van der Waals surface area (Å²) in [5.74, 6) is -0.362. The van der Waals surface area contributed by atoms with Crippen LogP contribution in [-0.2, 0) is 4.79 Å². The summed E-state index contributed by atoms with van der Waals surface area (Å²) >= 11 is 1.36. The minimum absolute atomic E-state index is 0.129. The Hall–Kier alpha value is -1.79. The van der Waals surface area contributed by atoms with Crippen molar-refractivity contribution in [2.45, 2.75) is 20.8 Å². The van der Waals surface area contributed by atoms with E-state index in [2.05, 4.69) is 33.7 Å². The molecule has 0 aliphatic carbocycles. The molecule has 20 heavy (non-hydrogen) atoms. The van der Waals surface area contributed by atoms with Crippen molar-refractivity contribution in [3.05, 3.63) is 29.3 Å². The highest BCUT2D eigenvalue weighted by molar-refractivity contribution is 7.18. The Labute approximate surface area is 122 Å². The van der Waals surface area contributed by atoms with Crippen molar-refractivity contribution in [3.8, 4) is 10.6 Å². The van der Waals surface area contributed by atoms with Crippen LogP contribution < -0.4 is 11.1 Å². The average molecular weight is 290 g/mol. The van der Waals surface area contributed by atoms with Crippen LogP contribution in [0.3, 0.4) is 0 Å². The molecule has 0 radical (unpaired) electrons. The second-order valence-electron chi connectivity index (χ2n) is 4.91. The molecule has 0 aliphatic rings. The summed E-state index contributed by atoms with van der Waals surface area (Å²) in [5.41, 5.74) is 8.84. The zero-order chi connectivity index (χ0) is 14.7. The van der Waals surface area contributed by atoms with Gasteiger partial charge >= 0.3 is 0 Å². The van der Waals surface area contributed by atoms with E-state index in [-0.39, 0.29) is 11.8 Å². The zero-order valence-corrected chi connectivity index (χ0v) is 12.6. The topological polar surface area (TPSA) is 80.9 Å². The third kappa shape index (κ3) is 3.40. The number of hydrogen-bond donors (Lipinski definition) is 2. The van der Waals surface area contributed by atoms with Crippen molar-refractivity contribution in [1.29, 1.82) is 0 Å². The van der Waals surface area contributed by atoms with Gasteiger partial charge in [-0.2, -0.15) is 0 Å². The molecule has 2 aromatic rings. The van der Waals surface area contributed by atoms with Gasteiger partial charge in [-0.05, 0) is 26.0 Å². The number of nitrogens with two attached hydrogens (primary N) is 1. The molecule has 2 rings (SSSR count). The number of amides is 1. The van der Waals surface area contributed by atoms with E-state index in [1.165, 1.54) is 22.5 Å². The second kappa shape index (κ2) is 6.11. The highest BCUT2D eigenvalue weighted by atomic mass is 32.1. The standard InChI is InChI=1S/C14H18N4OS/c1-8-4-9(2)6-11(5-8)13-17-18-14(20-13)16-12(19)10(3)7-15/h4-6,10H,7,15H2,1-3H3,(H,16,18,19). The van der Waals surface area contributed by atoms with Gasteiger partial charge in [0, 0.05) is 18.0 Å². The average Bonchev–Trinajstić information content (AvgIpc) is 2.85. The maximum atomic E-state index is 11.7. The summed E-state index contributed by atoms with van der Waals surface area (Å²) in [6.07, 6.45) is 0. The SMILES string of the molecule is Cc1cc(C)cc(-c2nnc(NC(=O)C(C)CN)s2)c1. The van der Waals surface area contributed by atoms with Crippen molar-refractivity contribution >= 4 is 22.4 Å². The smallest absolute Gasteiger partial charge is 0.230 e. The molecule has 0 spiro atoms. The van der Waals surface area contributed by atoms with Crippen molar-refractivity contribution < 1.29 is 4.79 Å². The molecule has 1 amide bonds. The van der Waals surface area contributed by atoms with Crippen LogP contribution >= 0.6 is 11.3 Å². The number of hydrogen-bond acceptors (Lipinski definition) is 5. The third-order valence-electron chi connectivity index (χ3n) is 2.92. The van der Waals surface area contributed by atoms with Crippen LogP contribution in [0.25, 0.3) is 10.6 Å². The lowest BCUT2D eigenvalue weighted by atomic mass is 10.1. The fourth-order valence-electron chi connectivity index (χ4n) is 1.82. The summed E-state index contributed by atoms with van der Waals surface area (Å²) in [4.78, 5) is 11.7. The Morgan fingerprint density at radius 3 is 2.55 bits per heavy atom. The number of anilines is 1. The number of aromatic nitrogens is 2. The first-order valence-corrected chi connectivity index (χ1v) is 7.24. The normalized spacial score (nSPS) is 12.2. The number of nitrogens with one attached hydrogen (secondary N) is 1. The predicted molar refractivity (Wildman–Crippen MR) is 81.7 cm³/mol. The lowest BCUT2D eigenvalue weighted by molar-refractivity contribution is -0.119. The molecule has 3 N–H and O–H groups in total. The third-order valence-corrected chi connectivity index (χ3v) is 3.81. The van der Waals surface area contributed by atoms with Crippen LogP contribution in [-0.4, -0.2) is 22.6 Å². The molecule has 1 atom stereocenters. The fourth-order valence-corrected chi connectivity index (χ4v) is 2.56. The first kappa shape index (κ1) is 14.6. The lowest BCUT2D eigenvalue weighted by Crippen LogP contribution is -2.26. The molecule has 6 heteroatoms. The maximum absolute atomic E-state index is 11.7. The van der Waals surface area contributed by atoms with Crippen LogP contribution in [0.1, 0.15) is 18.1 Å². The molecule has 0 saturated heterocycles. The highest BCUT2D eigenvalue weighted by Crippen LogP contribution is 2.28. The predicted octanol–water partition coefficient (Wildman–Crippen LogP) is 2.36. The Kier molecular flexibility index (Phi) is 4.46. The van der Waals surface area contributed by atoms with Crippen LogP contribution in [0.2, 0.25) is 0 Å². The van der Waals surface area contributed by atoms with Crippen LogP contribution in [0, 0.1) is 19.8 Å². The van der Waals surface area contributed by atoms with Gasteiger partial charge < -0.3 is 11.1 Å². The summed E-state index contributed by atoms with van der Waals surface area (Å²) in [7, 11) is 0. The van der Waals surface area contributed by atoms with Gasteiger partial charge in [-0.1, -0.05) is 35.5 Å². The van der Waals surface area contributed by atoms with E-state index in [9.17, 15) is 4.79 Å². The number of carbonyl (C=O) groups is 1. The van der Waals surface area contributed by atoms with Crippen LogP contribution in [0.5, 0.6) is 0 Å². The van der Waals surface area contributed by atoms with Crippen LogP contribution in [0.15, 0.2) is 18.2 Å². The van der Waals surface area contributed by atoms with Gasteiger partial charge in [0.15, 0.2) is 0 Å². The minimum atomic E-state index is -0.233. The van der Waals surface area contributed by atoms with Gasteiger partial charge in [0.1, 0.15) is 5.01 Å². The number of rotatable bonds is 4. The lowest BCUT2D eigenvalue weighted by Gasteiger charge is -2.06. The van der Waals surface area contributed by atoms with Gasteiger partial charge in [-0.25, -0.2) is 0 Å². The highest BCUT2D eigenvalue weighted by Gasteiger charge is 2.14. The summed E-state index contributed by atoms with van der Waals surface area (Å²) in [5, 5.41) is 12.2. The first-order valence-electron chi connectivity index (χ1n) is 6.42. The molecular weight excluding hydrogens is 272 g/mol. The number of nitrogens with zero attached hydrogens (tertiary/aromatic N) is 2. The molecule has 0 bridgehead atoms. The number of carbonyl (C=O) groups excluding carboxylic acids is 1. The monoisotopic (exact) mass is 290 g/mol. The molecule has 0 aliphatic heterocycles. The van der Waals surface area contributed by atoms with Gasteiger partial charge in [-0.15, -0.1) is 10.2 Å². The Balaban J connectivity index is 2.18. The quantitative estimate of drug-likeness (QED) is 0.905. The molecule has 1 unspecified atom stereocenters. The molecular formula is C14H18N4OS. The number of aryl methyl sites for hydroxylation is 2. The molecule has 1 aromatic carbocycles. The van der Waals surface area contributed by atoms with Gasteiger partial charge in [0.25, 0.3) is 0 Å².